The molecule has 9 heteroatoms. The molecule has 0 fully saturated rings. The molecule has 0 aliphatic heterocycles. The van der Waals surface area contributed by atoms with Crippen molar-refractivity contribution in [1.82, 2.24) is 15.5 Å². The minimum Gasteiger partial charge on any atom is -0.492 e. The second kappa shape index (κ2) is 9.41. The van der Waals surface area contributed by atoms with Crippen LogP contribution in [0.25, 0.3) is 11.4 Å². The molecule has 28 heavy (non-hydrogen) atoms. The van der Waals surface area contributed by atoms with Gasteiger partial charge in [-0.3, -0.25) is 4.79 Å². The molecule has 8 nitrogen and oxygen atoms in total. The van der Waals surface area contributed by atoms with Crippen LogP contribution >= 0.6 is 15.9 Å². The Hall–Kier alpha value is -2.81. The van der Waals surface area contributed by atoms with E-state index in [-0.39, 0.29) is 12.3 Å². The summed E-state index contributed by atoms with van der Waals surface area (Å²) in [5.74, 6) is 2.55. The van der Waals surface area contributed by atoms with Crippen LogP contribution in [0.1, 0.15) is 25.0 Å². The maximum atomic E-state index is 11.9. The third kappa shape index (κ3) is 4.92. The van der Waals surface area contributed by atoms with E-state index in [4.69, 9.17) is 18.4 Å². The smallest absolute Gasteiger partial charge is 0.227 e. The van der Waals surface area contributed by atoms with Crippen molar-refractivity contribution >= 4 is 21.8 Å². The molecule has 0 radical (unpaired) electrons. The van der Waals surface area contributed by atoms with Gasteiger partial charge in [0.25, 0.3) is 0 Å². The molecular weight excluding hydrogens is 430 g/mol. The Kier molecular flexibility index (Phi) is 6.70. The standard InChI is InChI=1S/C19H20BrN3O5/c1-3-26-15-10-12(9-14(20)18(15)25-2)19-22-17(28-23-19)7-6-16(24)21-11-13-5-4-8-27-13/h4-5,8-10H,3,6-7,11H2,1-2H3,(H,21,24). The number of nitrogens with zero attached hydrogens (tertiary/aromatic N) is 2. The lowest BCUT2D eigenvalue weighted by Gasteiger charge is -2.12. The zero-order chi connectivity index (χ0) is 19.9. The van der Waals surface area contributed by atoms with Gasteiger partial charge < -0.3 is 23.7 Å². The molecule has 3 rings (SSSR count). The second-order valence-electron chi connectivity index (χ2n) is 5.79. The molecule has 0 bridgehead atoms. The van der Waals surface area contributed by atoms with Crippen molar-refractivity contribution in [1.29, 1.82) is 0 Å². The van der Waals surface area contributed by atoms with Gasteiger partial charge in [0, 0.05) is 18.4 Å². The summed E-state index contributed by atoms with van der Waals surface area (Å²) in [6.45, 7) is 2.74. The number of aryl methyl sites for hydroxylation is 1. The molecule has 2 aromatic heterocycles. The number of ether oxygens (including phenoxy) is 2. The molecule has 0 saturated carbocycles. The van der Waals surface area contributed by atoms with Crippen LogP contribution in [-0.4, -0.2) is 29.8 Å². The molecule has 3 aromatic rings. The number of hydrogen-bond donors (Lipinski definition) is 1. The monoisotopic (exact) mass is 449 g/mol. The average Bonchev–Trinajstić information content (AvgIpc) is 3.36. The Morgan fingerprint density at radius 2 is 2.21 bits per heavy atom. The third-order valence-electron chi connectivity index (χ3n) is 3.85. The van der Waals surface area contributed by atoms with E-state index in [1.165, 1.54) is 0 Å². The normalized spacial score (nSPS) is 10.7. The summed E-state index contributed by atoms with van der Waals surface area (Å²) in [6.07, 6.45) is 2.14. The average molecular weight is 450 g/mol. The van der Waals surface area contributed by atoms with Crippen LogP contribution in [0.15, 0.2) is 43.9 Å². The fourth-order valence-corrected chi connectivity index (χ4v) is 3.14. The molecule has 0 saturated heterocycles. The van der Waals surface area contributed by atoms with Gasteiger partial charge in [0.05, 0.1) is 31.0 Å². The Balaban J connectivity index is 1.62. The van der Waals surface area contributed by atoms with Gasteiger partial charge in [0.15, 0.2) is 11.5 Å². The van der Waals surface area contributed by atoms with Crippen LogP contribution < -0.4 is 14.8 Å². The van der Waals surface area contributed by atoms with Crippen LogP contribution in [0.3, 0.4) is 0 Å². The maximum Gasteiger partial charge on any atom is 0.227 e. The Morgan fingerprint density at radius 1 is 1.36 bits per heavy atom. The lowest BCUT2D eigenvalue weighted by molar-refractivity contribution is -0.121. The molecule has 0 atom stereocenters. The molecule has 2 heterocycles. The summed E-state index contributed by atoms with van der Waals surface area (Å²) in [6, 6.07) is 7.19. The molecule has 1 aromatic carbocycles. The number of furan rings is 1. The summed E-state index contributed by atoms with van der Waals surface area (Å²) in [7, 11) is 1.58. The van der Waals surface area contributed by atoms with Gasteiger partial charge in [-0.25, -0.2) is 0 Å². The number of nitrogens with one attached hydrogen (secondary N) is 1. The minimum atomic E-state index is -0.123. The van der Waals surface area contributed by atoms with Gasteiger partial charge in [-0.05, 0) is 47.1 Å². The highest BCUT2D eigenvalue weighted by Crippen LogP contribution is 2.39. The van der Waals surface area contributed by atoms with Crippen LogP contribution in [0, 0.1) is 0 Å². The fourth-order valence-electron chi connectivity index (χ4n) is 2.54. The minimum absolute atomic E-state index is 0.123. The van der Waals surface area contributed by atoms with Crippen molar-refractivity contribution in [2.75, 3.05) is 13.7 Å². The number of carbonyl (C=O) groups is 1. The lowest BCUT2D eigenvalue weighted by Crippen LogP contribution is -2.22. The quantitative estimate of drug-likeness (QED) is 0.530. The zero-order valence-electron chi connectivity index (χ0n) is 15.5. The number of methoxy groups -OCH3 is 1. The Bertz CT molecular complexity index is 924. The van der Waals surface area contributed by atoms with E-state index in [1.54, 1.807) is 31.6 Å². The van der Waals surface area contributed by atoms with E-state index < -0.39 is 0 Å². The van der Waals surface area contributed by atoms with Crippen molar-refractivity contribution in [3.8, 4) is 22.9 Å². The number of benzene rings is 1. The first-order chi connectivity index (χ1) is 13.6. The third-order valence-corrected chi connectivity index (χ3v) is 4.43. The molecule has 0 spiro atoms. The summed E-state index contributed by atoms with van der Waals surface area (Å²) in [5, 5.41) is 6.78. The summed E-state index contributed by atoms with van der Waals surface area (Å²) < 4.78 is 22.1. The molecule has 148 valence electrons. The first kappa shape index (κ1) is 19.9. The number of halogens is 1. The van der Waals surface area contributed by atoms with Gasteiger partial charge in [-0.1, -0.05) is 5.16 Å². The van der Waals surface area contributed by atoms with E-state index in [0.717, 1.165) is 4.47 Å². The van der Waals surface area contributed by atoms with E-state index >= 15 is 0 Å². The topological polar surface area (TPSA) is 99.6 Å². The first-order valence-electron chi connectivity index (χ1n) is 8.73. The number of rotatable bonds is 9. The summed E-state index contributed by atoms with van der Waals surface area (Å²) in [4.78, 5) is 16.3. The molecular formula is C19H20BrN3O5. The molecule has 1 N–H and O–H groups in total. The second-order valence-corrected chi connectivity index (χ2v) is 6.64. The number of amides is 1. The summed E-state index contributed by atoms with van der Waals surface area (Å²) in [5.41, 5.74) is 0.716. The number of carbonyl (C=O) groups excluding carboxylic acids is 1. The van der Waals surface area contributed by atoms with Gasteiger partial charge >= 0.3 is 0 Å². The van der Waals surface area contributed by atoms with Gasteiger partial charge in [-0.2, -0.15) is 4.98 Å². The molecule has 0 aliphatic carbocycles. The van der Waals surface area contributed by atoms with Crippen molar-refractivity contribution in [3.63, 3.8) is 0 Å². The highest BCUT2D eigenvalue weighted by Gasteiger charge is 2.16. The lowest BCUT2D eigenvalue weighted by atomic mass is 10.2. The maximum absolute atomic E-state index is 11.9. The van der Waals surface area contributed by atoms with Gasteiger partial charge in [0.2, 0.25) is 17.6 Å². The van der Waals surface area contributed by atoms with E-state index in [9.17, 15) is 4.79 Å². The number of aromatic nitrogens is 2. The molecule has 0 aliphatic rings. The van der Waals surface area contributed by atoms with E-state index in [1.807, 2.05) is 13.0 Å². The zero-order valence-corrected chi connectivity index (χ0v) is 17.1. The highest BCUT2D eigenvalue weighted by molar-refractivity contribution is 9.10. The van der Waals surface area contributed by atoms with Crippen molar-refractivity contribution in [2.45, 2.75) is 26.3 Å². The SMILES string of the molecule is CCOc1cc(-c2noc(CCC(=O)NCc3ccco3)n2)cc(Br)c1OC. The van der Waals surface area contributed by atoms with Crippen molar-refractivity contribution in [3.05, 3.63) is 46.7 Å². The van der Waals surface area contributed by atoms with Crippen LogP contribution in [0.5, 0.6) is 11.5 Å². The highest BCUT2D eigenvalue weighted by atomic mass is 79.9. The largest absolute Gasteiger partial charge is 0.492 e. The predicted octanol–water partition coefficient (Wildman–Crippen LogP) is 3.75. The van der Waals surface area contributed by atoms with Crippen LogP contribution in [-0.2, 0) is 17.8 Å². The molecule has 1 amide bonds. The summed E-state index contributed by atoms with van der Waals surface area (Å²) >= 11 is 3.46. The Morgan fingerprint density at radius 3 is 2.93 bits per heavy atom. The van der Waals surface area contributed by atoms with Crippen molar-refractivity contribution in [2.24, 2.45) is 0 Å². The Labute approximate surface area is 170 Å². The van der Waals surface area contributed by atoms with Crippen LogP contribution in [0.2, 0.25) is 0 Å². The van der Waals surface area contributed by atoms with E-state index in [2.05, 4.69) is 31.4 Å². The van der Waals surface area contributed by atoms with Gasteiger partial charge in [0.1, 0.15) is 5.76 Å². The van der Waals surface area contributed by atoms with E-state index in [0.29, 0.717) is 54.1 Å². The predicted molar refractivity (Wildman–Crippen MR) is 104 cm³/mol. The number of hydrogen-bond acceptors (Lipinski definition) is 7. The van der Waals surface area contributed by atoms with Crippen LogP contribution in [0.4, 0.5) is 0 Å². The van der Waals surface area contributed by atoms with Crippen molar-refractivity contribution < 1.29 is 23.2 Å². The first-order valence-corrected chi connectivity index (χ1v) is 9.52. The fraction of sp³-hybridized carbons (Fsp3) is 0.316. The molecule has 0 unspecified atom stereocenters. The van der Waals surface area contributed by atoms with Gasteiger partial charge in [-0.15, -0.1) is 0 Å².